The second-order valence-electron chi connectivity index (χ2n) is 5.94. The van der Waals surface area contributed by atoms with E-state index in [1.54, 1.807) is 41.3 Å². The molecule has 1 unspecified atom stereocenters. The molecule has 0 aliphatic carbocycles. The van der Waals surface area contributed by atoms with Gasteiger partial charge in [-0.05, 0) is 13.0 Å². The van der Waals surface area contributed by atoms with Crippen molar-refractivity contribution >= 4 is 11.6 Å². The Morgan fingerprint density at radius 1 is 1.46 bits per heavy atom. The minimum Gasteiger partial charge on any atom is -0.380 e. The van der Waals surface area contributed by atoms with Crippen LogP contribution in [0.2, 0.25) is 0 Å². The number of amides is 1. The van der Waals surface area contributed by atoms with Crippen molar-refractivity contribution in [1.82, 2.24) is 29.5 Å². The fourth-order valence-corrected chi connectivity index (χ4v) is 3.18. The Bertz CT molecular complexity index is 872. The molecule has 124 valence electrons. The zero-order valence-electron chi connectivity index (χ0n) is 13.5. The lowest BCUT2D eigenvalue weighted by Crippen LogP contribution is -2.32. The summed E-state index contributed by atoms with van der Waals surface area (Å²) in [5.74, 6) is 0.660. The predicted octanol–water partition coefficient (Wildman–Crippen LogP) is 1.36. The molecule has 4 heterocycles. The number of fused-ring (bicyclic) bond motifs is 1. The summed E-state index contributed by atoms with van der Waals surface area (Å²) in [7, 11) is 1.66. The molecule has 3 aromatic rings. The van der Waals surface area contributed by atoms with Gasteiger partial charge in [0.1, 0.15) is 11.4 Å². The molecule has 3 aromatic heterocycles. The van der Waals surface area contributed by atoms with Gasteiger partial charge in [-0.1, -0.05) is 0 Å². The summed E-state index contributed by atoms with van der Waals surface area (Å²) in [6.45, 7) is 2.41. The van der Waals surface area contributed by atoms with E-state index in [1.807, 2.05) is 13.0 Å². The van der Waals surface area contributed by atoms with E-state index in [0.29, 0.717) is 24.2 Å². The third-order valence-electron chi connectivity index (χ3n) is 4.43. The standard InChI is InChI=1S/C16H18N6O2/c1-10-3-6-22-15(20-10)12(8-19-22)16(23)21-9-11(24-2)7-13(21)14-17-4-5-18-14/h3-6,8,11,13H,7,9H2,1-2H3,(H,17,18)/t11-,13?/m1/s1. The van der Waals surface area contributed by atoms with Crippen molar-refractivity contribution < 1.29 is 9.53 Å². The number of aromatic nitrogens is 5. The molecular formula is C16H18N6O2. The second kappa shape index (κ2) is 5.72. The molecule has 1 fully saturated rings. The SMILES string of the molecule is CO[C@@H]1CC(c2ncc[nH]2)N(C(=O)c2cnn3ccc(C)nc23)C1. The van der Waals surface area contributed by atoms with Gasteiger partial charge < -0.3 is 14.6 Å². The summed E-state index contributed by atoms with van der Waals surface area (Å²) in [5.41, 5.74) is 1.90. The van der Waals surface area contributed by atoms with Crippen LogP contribution in [0, 0.1) is 6.92 Å². The minimum atomic E-state index is -0.141. The molecule has 0 bridgehead atoms. The van der Waals surface area contributed by atoms with E-state index in [1.165, 1.54) is 0 Å². The normalized spacial score (nSPS) is 20.8. The topological polar surface area (TPSA) is 88.4 Å². The van der Waals surface area contributed by atoms with Crippen LogP contribution in [-0.4, -0.2) is 55.1 Å². The predicted molar refractivity (Wildman–Crippen MR) is 85.5 cm³/mol. The summed E-state index contributed by atoms with van der Waals surface area (Å²) >= 11 is 0. The molecule has 0 spiro atoms. The van der Waals surface area contributed by atoms with E-state index in [0.717, 1.165) is 11.5 Å². The third kappa shape index (κ3) is 2.35. The number of H-pyrrole nitrogens is 1. The third-order valence-corrected chi connectivity index (χ3v) is 4.43. The van der Waals surface area contributed by atoms with Crippen LogP contribution in [0.15, 0.2) is 30.9 Å². The van der Waals surface area contributed by atoms with Crippen molar-refractivity contribution in [2.45, 2.75) is 25.5 Å². The molecule has 0 radical (unpaired) electrons. The number of hydrogen-bond acceptors (Lipinski definition) is 5. The number of ether oxygens (including phenoxy) is 1. The maximum atomic E-state index is 13.1. The van der Waals surface area contributed by atoms with Crippen molar-refractivity contribution in [3.8, 4) is 0 Å². The highest BCUT2D eigenvalue weighted by atomic mass is 16.5. The van der Waals surface area contributed by atoms with Crippen LogP contribution in [-0.2, 0) is 4.74 Å². The van der Waals surface area contributed by atoms with Gasteiger partial charge in [0.15, 0.2) is 5.65 Å². The van der Waals surface area contributed by atoms with Gasteiger partial charge in [-0.15, -0.1) is 0 Å². The maximum absolute atomic E-state index is 13.1. The lowest BCUT2D eigenvalue weighted by molar-refractivity contribution is 0.0686. The van der Waals surface area contributed by atoms with E-state index in [2.05, 4.69) is 20.1 Å². The number of aryl methyl sites for hydroxylation is 1. The second-order valence-corrected chi connectivity index (χ2v) is 5.94. The smallest absolute Gasteiger partial charge is 0.260 e. The van der Waals surface area contributed by atoms with Gasteiger partial charge >= 0.3 is 0 Å². The van der Waals surface area contributed by atoms with Crippen molar-refractivity contribution in [2.24, 2.45) is 0 Å². The average molecular weight is 326 g/mol. The Hall–Kier alpha value is -2.74. The Balaban J connectivity index is 1.72. The van der Waals surface area contributed by atoms with E-state index in [4.69, 9.17) is 4.74 Å². The first kappa shape index (κ1) is 14.8. The number of nitrogens with one attached hydrogen (secondary N) is 1. The van der Waals surface area contributed by atoms with Gasteiger partial charge in [0.25, 0.3) is 5.91 Å². The van der Waals surface area contributed by atoms with E-state index < -0.39 is 0 Å². The lowest BCUT2D eigenvalue weighted by atomic mass is 10.2. The highest BCUT2D eigenvalue weighted by Crippen LogP contribution is 2.33. The van der Waals surface area contributed by atoms with E-state index in [9.17, 15) is 4.79 Å². The van der Waals surface area contributed by atoms with Crippen LogP contribution in [0.4, 0.5) is 0 Å². The molecule has 1 amide bonds. The van der Waals surface area contributed by atoms with E-state index in [-0.39, 0.29) is 18.1 Å². The molecule has 2 atom stereocenters. The fourth-order valence-electron chi connectivity index (χ4n) is 3.18. The van der Waals surface area contributed by atoms with Crippen LogP contribution in [0.1, 0.15) is 34.3 Å². The maximum Gasteiger partial charge on any atom is 0.260 e. The fraction of sp³-hybridized carbons (Fsp3) is 0.375. The Labute approximate surface area is 138 Å². The molecule has 8 heteroatoms. The van der Waals surface area contributed by atoms with Crippen molar-refractivity contribution in [3.63, 3.8) is 0 Å². The molecule has 8 nitrogen and oxygen atoms in total. The monoisotopic (exact) mass is 326 g/mol. The molecule has 24 heavy (non-hydrogen) atoms. The van der Waals surface area contributed by atoms with Crippen LogP contribution in [0.3, 0.4) is 0 Å². The minimum absolute atomic E-state index is 0.0133. The molecular weight excluding hydrogens is 308 g/mol. The Morgan fingerprint density at radius 2 is 2.33 bits per heavy atom. The summed E-state index contributed by atoms with van der Waals surface area (Å²) in [6, 6.07) is 1.72. The number of methoxy groups -OCH3 is 1. The first-order valence-electron chi connectivity index (χ1n) is 7.81. The highest BCUT2D eigenvalue weighted by Gasteiger charge is 2.39. The summed E-state index contributed by atoms with van der Waals surface area (Å²) in [6.07, 6.45) is 7.53. The molecule has 0 saturated carbocycles. The van der Waals surface area contributed by atoms with Crippen molar-refractivity contribution in [3.05, 3.63) is 47.9 Å². The van der Waals surface area contributed by atoms with Crippen LogP contribution in [0.5, 0.6) is 0 Å². The Morgan fingerprint density at radius 3 is 3.08 bits per heavy atom. The summed E-state index contributed by atoms with van der Waals surface area (Å²) in [5, 5.41) is 4.23. The number of carbonyl (C=O) groups excluding carboxylic acids is 1. The van der Waals surface area contributed by atoms with Gasteiger partial charge in [-0.3, -0.25) is 4.79 Å². The average Bonchev–Trinajstić information content (AvgIpc) is 3.31. The van der Waals surface area contributed by atoms with Crippen molar-refractivity contribution in [1.29, 1.82) is 0 Å². The number of nitrogens with zero attached hydrogens (tertiary/aromatic N) is 5. The lowest BCUT2D eigenvalue weighted by Gasteiger charge is -2.22. The number of imidazole rings is 1. The molecule has 4 rings (SSSR count). The highest BCUT2D eigenvalue weighted by molar-refractivity contribution is 6.00. The first-order chi connectivity index (χ1) is 11.7. The first-order valence-corrected chi connectivity index (χ1v) is 7.81. The van der Waals surface area contributed by atoms with Crippen LogP contribution >= 0.6 is 0 Å². The zero-order chi connectivity index (χ0) is 16.7. The zero-order valence-corrected chi connectivity index (χ0v) is 13.5. The van der Waals surface area contributed by atoms with Crippen LogP contribution < -0.4 is 0 Å². The number of aromatic amines is 1. The molecule has 1 aliphatic heterocycles. The van der Waals surface area contributed by atoms with E-state index >= 15 is 0 Å². The van der Waals surface area contributed by atoms with Gasteiger partial charge in [0.2, 0.25) is 0 Å². The Kier molecular flexibility index (Phi) is 3.53. The van der Waals surface area contributed by atoms with Gasteiger partial charge in [-0.2, -0.15) is 5.10 Å². The number of hydrogen-bond donors (Lipinski definition) is 1. The van der Waals surface area contributed by atoms with Gasteiger partial charge in [0, 0.05) is 44.4 Å². The molecule has 1 N–H and O–H groups in total. The summed E-state index contributed by atoms with van der Waals surface area (Å²) < 4.78 is 7.09. The number of rotatable bonds is 3. The quantitative estimate of drug-likeness (QED) is 0.785. The molecule has 1 saturated heterocycles. The largest absolute Gasteiger partial charge is 0.380 e. The molecule has 1 aliphatic rings. The van der Waals surface area contributed by atoms with Gasteiger partial charge in [0.05, 0.1) is 18.3 Å². The number of carbonyl (C=O) groups is 1. The van der Waals surface area contributed by atoms with Crippen molar-refractivity contribution in [2.75, 3.05) is 13.7 Å². The van der Waals surface area contributed by atoms with Gasteiger partial charge in [-0.25, -0.2) is 14.5 Å². The molecule has 0 aromatic carbocycles. The van der Waals surface area contributed by atoms with Crippen LogP contribution in [0.25, 0.3) is 5.65 Å². The summed E-state index contributed by atoms with van der Waals surface area (Å²) in [4.78, 5) is 26.8. The number of likely N-dealkylation sites (tertiary alicyclic amines) is 1.